The molecule has 2 N–H and O–H groups in total. The molecule has 0 aromatic heterocycles. The van der Waals surface area contributed by atoms with Crippen molar-refractivity contribution in [1.82, 2.24) is 4.90 Å². The smallest absolute Gasteiger partial charge is 0.130 e. The van der Waals surface area contributed by atoms with E-state index >= 15 is 0 Å². The SMILES string of the molecule is CSc1ccc(Oc2ccc(N3CCN(C(C)C)CC3)cc2CC(N)I)cc1. The highest BCUT2D eigenvalue weighted by Gasteiger charge is 2.20. The maximum Gasteiger partial charge on any atom is 0.130 e. The van der Waals surface area contributed by atoms with Gasteiger partial charge in [-0.3, -0.25) is 4.90 Å². The number of hydrogen-bond acceptors (Lipinski definition) is 5. The van der Waals surface area contributed by atoms with Crippen LogP contribution in [-0.4, -0.2) is 47.4 Å². The molecule has 3 rings (SSSR count). The van der Waals surface area contributed by atoms with Crippen LogP contribution in [0.15, 0.2) is 47.4 Å². The number of piperazine rings is 1. The van der Waals surface area contributed by atoms with E-state index in [9.17, 15) is 0 Å². The summed E-state index contributed by atoms with van der Waals surface area (Å²) in [6.07, 6.45) is 2.87. The molecule has 1 aliphatic rings. The van der Waals surface area contributed by atoms with Crippen molar-refractivity contribution in [3.8, 4) is 11.5 Å². The molecule has 1 heterocycles. The van der Waals surface area contributed by atoms with Crippen LogP contribution in [-0.2, 0) is 6.42 Å². The first kappa shape index (κ1) is 21.7. The molecule has 0 bridgehead atoms. The first-order valence-electron chi connectivity index (χ1n) is 9.79. The minimum Gasteiger partial charge on any atom is -0.457 e. The van der Waals surface area contributed by atoms with Crippen molar-refractivity contribution in [2.75, 3.05) is 37.3 Å². The lowest BCUT2D eigenvalue weighted by atomic mass is 10.1. The molecular formula is C22H30IN3OS. The number of alkyl halides is 1. The van der Waals surface area contributed by atoms with Crippen LogP contribution in [0.5, 0.6) is 11.5 Å². The molecule has 0 aliphatic carbocycles. The normalized spacial score (nSPS) is 16.4. The average molecular weight is 511 g/mol. The zero-order chi connectivity index (χ0) is 20.1. The number of rotatable bonds is 7. The number of nitrogens with two attached hydrogens (primary N) is 1. The van der Waals surface area contributed by atoms with Gasteiger partial charge in [0.1, 0.15) is 11.5 Å². The van der Waals surface area contributed by atoms with Crippen LogP contribution in [0.3, 0.4) is 0 Å². The molecule has 1 aliphatic heterocycles. The summed E-state index contributed by atoms with van der Waals surface area (Å²) >= 11 is 4.01. The third kappa shape index (κ3) is 5.78. The maximum atomic E-state index is 6.21. The van der Waals surface area contributed by atoms with E-state index in [2.05, 4.69) is 82.8 Å². The summed E-state index contributed by atoms with van der Waals surface area (Å²) in [7, 11) is 0. The Bertz CT molecular complexity index is 759. The lowest BCUT2D eigenvalue weighted by Gasteiger charge is -2.38. The largest absolute Gasteiger partial charge is 0.457 e. The fourth-order valence-corrected chi connectivity index (χ4v) is 4.38. The summed E-state index contributed by atoms with van der Waals surface area (Å²) in [5.41, 5.74) is 8.54. The Morgan fingerprint density at radius 1 is 1.07 bits per heavy atom. The molecule has 2 aromatic rings. The zero-order valence-corrected chi connectivity index (χ0v) is 19.9. The van der Waals surface area contributed by atoms with Crippen LogP contribution >= 0.6 is 34.4 Å². The highest BCUT2D eigenvalue weighted by atomic mass is 127. The quantitative estimate of drug-likeness (QED) is 0.246. The van der Waals surface area contributed by atoms with Crippen molar-refractivity contribution in [3.05, 3.63) is 48.0 Å². The van der Waals surface area contributed by atoms with Crippen molar-refractivity contribution < 1.29 is 4.74 Å². The molecule has 1 atom stereocenters. The Labute approximate surface area is 186 Å². The average Bonchev–Trinajstić information content (AvgIpc) is 2.69. The van der Waals surface area contributed by atoms with E-state index in [-0.39, 0.29) is 4.05 Å². The van der Waals surface area contributed by atoms with Crippen molar-refractivity contribution in [3.63, 3.8) is 0 Å². The van der Waals surface area contributed by atoms with Crippen LogP contribution in [0.4, 0.5) is 5.69 Å². The number of benzene rings is 2. The minimum atomic E-state index is 0.0619. The van der Waals surface area contributed by atoms with Crippen LogP contribution < -0.4 is 15.4 Å². The minimum absolute atomic E-state index is 0.0619. The topological polar surface area (TPSA) is 41.7 Å². The summed E-state index contributed by atoms with van der Waals surface area (Å²) in [4.78, 5) is 6.24. The monoisotopic (exact) mass is 511 g/mol. The second-order valence-electron chi connectivity index (χ2n) is 7.41. The summed E-state index contributed by atoms with van der Waals surface area (Å²) in [5, 5.41) is 0. The Balaban J connectivity index is 1.77. The van der Waals surface area contributed by atoms with E-state index < -0.39 is 0 Å². The summed E-state index contributed by atoms with van der Waals surface area (Å²) in [6.45, 7) is 8.88. The molecule has 6 heteroatoms. The second-order valence-corrected chi connectivity index (χ2v) is 9.89. The van der Waals surface area contributed by atoms with Crippen molar-refractivity contribution >= 4 is 40.0 Å². The van der Waals surface area contributed by atoms with Gasteiger partial charge in [0.2, 0.25) is 0 Å². The van der Waals surface area contributed by atoms with Crippen molar-refractivity contribution in [2.45, 2.75) is 35.3 Å². The number of halogens is 1. The third-order valence-corrected chi connectivity index (χ3v) is 6.34. The van der Waals surface area contributed by atoms with E-state index in [1.165, 1.54) is 16.1 Å². The van der Waals surface area contributed by atoms with Gasteiger partial charge in [-0.2, -0.15) is 0 Å². The first-order chi connectivity index (χ1) is 13.5. The second kappa shape index (κ2) is 10.2. The van der Waals surface area contributed by atoms with E-state index in [4.69, 9.17) is 10.5 Å². The predicted molar refractivity (Wildman–Crippen MR) is 129 cm³/mol. The molecule has 0 radical (unpaired) electrons. The number of hydrogen-bond donors (Lipinski definition) is 1. The van der Waals surface area contributed by atoms with Gasteiger partial charge in [0.05, 0.1) is 4.05 Å². The fraction of sp³-hybridized carbons (Fsp3) is 0.455. The van der Waals surface area contributed by atoms with Gasteiger partial charge in [-0.15, -0.1) is 11.8 Å². The van der Waals surface area contributed by atoms with E-state index in [0.717, 1.165) is 44.1 Å². The Morgan fingerprint density at radius 2 is 1.75 bits per heavy atom. The summed E-state index contributed by atoms with van der Waals surface area (Å²) in [6, 6.07) is 15.4. The van der Waals surface area contributed by atoms with Crippen LogP contribution in [0.2, 0.25) is 0 Å². The maximum absolute atomic E-state index is 6.21. The summed E-state index contributed by atoms with van der Waals surface area (Å²) < 4.78 is 6.27. The van der Waals surface area contributed by atoms with E-state index in [1.807, 2.05) is 12.1 Å². The number of ether oxygens (including phenoxy) is 1. The van der Waals surface area contributed by atoms with Gasteiger partial charge < -0.3 is 15.4 Å². The van der Waals surface area contributed by atoms with E-state index in [1.54, 1.807) is 11.8 Å². The predicted octanol–water partition coefficient (Wildman–Crippen LogP) is 4.99. The molecule has 0 saturated carbocycles. The highest BCUT2D eigenvalue weighted by Crippen LogP contribution is 2.32. The molecule has 0 spiro atoms. The van der Waals surface area contributed by atoms with Gasteiger partial charge in [0, 0.05) is 49.2 Å². The Kier molecular flexibility index (Phi) is 7.91. The fourth-order valence-electron chi connectivity index (χ4n) is 3.50. The first-order valence-corrected chi connectivity index (χ1v) is 12.3. The molecule has 0 amide bonds. The summed E-state index contributed by atoms with van der Waals surface area (Å²) in [5.74, 6) is 1.76. The third-order valence-electron chi connectivity index (χ3n) is 5.16. The lowest BCUT2D eigenvalue weighted by Crippen LogP contribution is -2.48. The molecule has 1 saturated heterocycles. The zero-order valence-electron chi connectivity index (χ0n) is 16.9. The Hall–Kier alpha value is -0.960. The van der Waals surface area contributed by atoms with Crippen LogP contribution in [0.1, 0.15) is 19.4 Å². The van der Waals surface area contributed by atoms with E-state index in [0.29, 0.717) is 6.04 Å². The molecule has 28 heavy (non-hydrogen) atoms. The van der Waals surface area contributed by atoms with Crippen LogP contribution in [0, 0.1) is 0 Å². The highest BCUT2D eigenvalue weighted by molar-refractivity contribution is 14.1. The molecule has 152 valence electrons. The number of nitrogens with zero attached hydrogens (tertiary/aromatic N) is 2. The molecule has 4 nitrogen and oxygen atoms in total. The standard InChI is InChI=1S/C22H30IN3OS/c1-16(2)25-10-12-26(13-11-25)18-4-9-21(17(14-18)15-22(23)24)27-19-5-7-20(28-3)8-6-19/h4-9,14,16,22H,10-13,15,24H2,1-3H3. The molecule has 1 fully saturated rings. The number of anilines is 1. The van der Waals surface area contributed by atoms with Gasteiger partial charge in [-0.05, 0) is 68.1 Å². The van der Waals surface area contributed by atoms with Crippen molar-refractivity contribution in [1.29, 1.82) is 0 Å². The molecule has 1 unspecified atom stereocenters. The van der Waals surface area contributed by atoms with Gasteiger partial charge in [-0.25, -0.2) is 0 Å². The lowest BCUT2D eigenvalue weighted by molar-refractivity contribution is 0.209. The van der Waals surface area contributed by atoms with Gasteiger partial charge in [0.25, 0.3) is 0 Å². The van der Waals surface area contributed by atoms with Gasteiger partial charge >= 0.3 is 0 Å². The number of thioether (sulfide) groups is 1. The molecule has 2 aromatic carbocycles. The van der Waals surface area contributed by atoms with Crippen LogP contribution in [0.25, 0.3) is 0 Å². The Morgan fingerprint density at radius 3 is 2.32 bits per heavy atom. The van der Waals surface area contributed by atoms with Gasteiger partial charge in [-0.1, -0.05) is 22.6 Å². The van der Waals surface area contributed by atoms with Crippen molar-refractivity contribution in [2.24, 2.45) is 5.73 Å². The van der Waals surface area contributed by atoms with Gasteiger partial charge in [0.15, 0.2) is 0 Å². The molecular weight excluding hydrogens is 481 g/mol.